The Hall–Kier alpha value is -1.97. The monoisotopic (exact) mass is 282 g/mol. The summed E-state index contributed by atoms with van der Waals surface area (Å²) in [6.45, 7) is 5.19. The Kier molecular flexibility index (Phi) is 4.13. The van der Waals surface area contributed by atoms with E-state index in [1.165, 1.54) is 24.1 Å². The number of aryl methyl sites for hydroxylation is 2. The number of nitrogens with zero attached hydrogens (tertiary/aromatic N) is 3. The van der Waals surface area contributed by atoms with Crippen molar-refractivity contribution in [1.29, 1.82) is 0 Å². The maximum Gasteiger partial charge on any atom is 0.162 e. The summed E-state index contributed by atoms with van der Waals surface area (Å²) in [6.07, 6.45) is 9.41. The largest absolute Gasteiger partial charge is 0.370 e. The summed E-state index contributed by atoms with van der Waals surface area (Å²) in [5.41, 5.74) is 4.75. The maximum atomic E-state index is 4.83. The highest BCUT2D eigenvalue weighted by Crippen LogP contribution is 2.29. The second-order valence-corrected chi connectivity index (χ2v) is 5.65. The summed E-state index contributed by atoms with van der Waals surface area (Å²) in [4.78, 5) is 13.8. The molecule has 0 aliphatic heterocycles. The molecule has 2 aromatic heterocycles. The number of anilines is 1. The molecule has 3 rings (SSSR count). The normalized spacial score (nSPS) is 13.8. The zero-order valence-electron chi connectivity index (χ0n) is 12.8. The van der Waals surface area contributed by atoms with Gasteiger partial charge < -0.3 is 5.32 Å². The van der Waals surface area contributed by atoms with Gasteiger partial charge in [-0.25, -0.2) is 9.97 Å². The molecule has 1 N–H and O–H groups in total. The minimum absolute atomic E-state index is 0.828. The van der Waals surface area contributed by atoms with E-state index in [1.807, 2.05) is 18.5 Å². The zero-order valence-corrected chi connectivity index (χ0v) is 12.8. The van der Waals surface area contributed by atoms with Gasteiger partial charge in [0.2, 0.25) is 0 Å². The lowest BCUT2D eigenvalue weighted by molar-refractivity contribution is 0.664. The molecule has 2 aromatic rings. The first-order valence-electron chi connectivity index (χ1n) is 7.84. The summed E-state index contributed by atoms with van der Waals surface area (Å²) in [5.74, 6) is 1.86. The average molecular weight is 282 g/mol. The zero-order chi connectivity index (χ0) is 14.7. The van der Waals surface area contributed by atoms with Crippen LogP contribution in [0.3, 0.4) is 0 Å². The van der Waals surface area contributed by atoms with Gasteiger partial charge in [0.1, 0.15) is 5.82 Å². The quantitative estimate of drug-likeness (QED) is 0.931. The Bertz CT molecular complexity index is 637. The van der Waals surface area contributed by atoms with Gasteiger partial charge in [0.05, 0.1) is 0 Å². The molecule has 0 amide bonds. The number of pyridine rings is 1. The van der Waals surface area contributed by atoms with Gasteiger partial charge in [-0.3, -0.25) is 4.98 Å². The van der Waals surface area contributed by atoms with Crippen molar-refractivity contribution in [1.82, 2.24) is 15.0 Å². The first-order chi connectivity index (χ1) is 10.3. The molecule has 21 heavy (non-hydrogen) atoms. The molecular weight excluding hydrogens is 260 g/mol. The van der Waals surface area contributed by atoms with Gasteiger partial charge >= 0.3 is 0 Å². The summed E-state index contributed by atoms with van der Waals surface area (Å²) in [5, 5.41) is 3.49. The lowest BCUT2D eigenvalue weighted by Crippen LogP contribution is -2.14. The highest BCUT2D eigenvalue weighted by atomic mass is 15.0. The highest BCUT2D eigenvalue weighted by molar-refractivity contribution is 5.62. The Morgan fingerprint density at radius 3 is 2.86 bits per heavy atom. The van der Waals surface area contributed by atoms with Gasteiger partial charge in [0.15, 0.2) is 5.82 Å². The van der Waals surface area contributed by atoms with Crippen LogP contribution in [0.1, 0.15) is 43.0 Å². The van der Waals surface area contributed by atoms with Crippen molar-refractivity contribution in [3.8, 4) is 11.4 Å². The fourth-order valence-electron chi connectivity index (χ4n) is 2.83. The average Bonchev–Trinajstić information content (AvgIpc) is 2.53. The molecule has 2 heterocycles. The molecule has 0 saturated heterocycles. The number of aromatic nitrogens is 3. The molecule has 0 saturated carbocycles. The first-order valence-corrected chi connectivity index (χ1v) is 7.84. The number of hydrogen-bond acceptors (Lipinski definition) is 4. The summed E-state index contributed by atoms with van der Waals surface area (Å²) in [7, 11) is 0. The molecule has 0 aromatic carbocycles. The summed E-state index contributed by atoms with van der Waals surface area (Å²) in [6, 6.07) is 2.00. The number of hydrogen-bond donors (Lipinski definition) is 1. The van der Waals surface area contributed by atoms with Crippen molar-refractivity contribution in [3.63, 3.8) is 0 Å². The Morgan fingerprint density at radius 2 is 2.05 bits per heavy atom. The second kappa shape index (κ2) is 6.20. The molecule has 0 spiro atoms. The van der Waals surface area contributed by atoms with E-state index in [-0.39, 0.29) is 0 Å². The third-order valence-electron chi connectivity index (χ3n) is 3.99. The van der Waals surface area contributed by atoms with Gasteiger partial charge in [0, 0.05) is 35.8 Å². The smallest absolute Gasteiger partial charge is 0.162 e. The molecule has 4 heteroatoms. The van der Waals surface area contributed by atoms with Crippen molar-refractivity contribution in [3.05, 3.63) is 35.3 Å². The van der Waals surface area contributed by atoms with Crippen molar-refractivity contribution < 1.29 is 0 Å². The first kappa shape index (κ1) is 14.0. The van der Waals surface area contributed by atoms with Gasteiger partial charge in [0.25, 0.3) is 0 Å². The van der Waals surface area contributed by atoms with Gasteiger partial charge in [-0.05, 0) is 50.7 Å². The fourth-order valence-corrected chi connectivity index (χ4v) is 2.83. The lowest BCUT2D eigenvalue weighted by atomic mass is 9.96. The molecule has 0 bridgehead atoms. The van der Waals surface area contributed by atoms with Crippen LogP contribution in [-0.4, -0.2) is 21.5 Å². The third kappa shape index (κ3) is 2.89. The Labute approximate surface area is 126 Å². The summed E-state index contributed by atoms with van der Waals surface area (Å²) >= 11 is 0. The SMILES string of the molecule is CCCNc1nc(-c2ccncc2C)nc2c1CCCC2. The van der Waals surface area contributed by atoms with E-state index in [2.05, 4.69) is 24.1 Å². The van der Waals surface area contributed by atoms with E-state index >= 15 is 0 Å². The van der Waals surface area contributed by atoms with E-state index in [0.717, 1.165) is 48.6 Å². The molecule has 1 aliphatic carbocycles. The molecule has 1 aliphatic rings. The number of rotatable bonds is 4. The predicted octanol–water partition coefficient (Wildman–Crippen LogP) is 3.55. The number of nitrogens with one attached hydrogen (secondary N) is 1. The second-order valence-electron chi connectivity index (χ2n) is 5.65. The van der Waals surface area contributed by atoms with E-state index in [9.17, 15) is 0 Å². The van der Waals surface area contributed by atoms with E-state index in [4.69, 9.17) is 9.97 Å². The van der Waals surface area contributed by atoms with E-state index < -0.39 is 0 Å². The van der Waals surface area contributed by atoms with Crippen LogP contribution in [0.5, 0.6) is 0 Å². The van der Waals surface area contributed by atoms with Crippen LogP contribution < -0.4 is 5.32 Å². The van der Waals surface area contributed by atoms with Crippen molar-refractivity contribution >= 4 is 5.82 Å². The Balaban J connectivity index is 2.07. The third-order valence-corrected chi connectivity index (χ3v) is 3.99. The van der Waals surface area contributed by atoms with Crippen molar-refractivity contribution in [2.45, 2.75) is 46.0 Å². The van der Waals surface area contributed by atoms with Crippen LogP contribution in [0.4, 0.5) is 5.82 Å². The standard InChI is InChI=1S/C17H22N4/c1-3-9-19-16-14-6-4-5-7-15(14)20-17(21-16)13-8-10-18-11-12(13)2/h8,10-11H,3-7,9H2,1-2H3,(H,19,20,21). The topological polar surface area (TPSA) is 50.7 Å². The molecule has 110 valence electrons. The molecule has 4 nitrogen and oxygen atoms in total. The van der Waals surface area contributed by atoms with Crippen LogP contribution in [0, 0.1) is 6.92 Å². The maximum absolute atomic E-state index is 4.83. The highest BCUT2D eigenvalue weighted by Gasteiger charge is 2.18. The lowest BCUT2D eigenvalue weighted by Gasteiger charge is -2.20. The number of fused-ring (bicyclic) bond motifs is 1. The van der Waals surface area contributed by atoms with Gasteiger partial charge in [-0.15, -0.1) is 0 Å². The predicted molar refractivity (Wildman–Crippen MR) is 85.4 cm³/mol. The van der Waals surface area contributed by atoms with E-state index in [0.29, 0.717) is 0 Å². The molecule has 0 atom stereocenters. The van der Waals surface area contributed by atoms with Crippen LogP contribution in [0.15, 0.2) is 18.5 Å². The molecule has 0 unspecified atom stereocenters. The van der Waals surface area contributed by atoms with Gasteiger partial charge in [-0.2, -0.15) is 0 Å². The molecule has 0 radical (unpaired) electrons. The van der Waals surface area contributed by atoms with E-state index in [1.54, 1.807) is 0 Å². The van der Waals surface area contributed by atoms with Crippen LogP contribution in [0.2, 0.25) is 0 Å². The molecule has 0 fully saturated rings. The van der Waals surface area contributed by atoms with Crippen LogP contribution in [0.25, 0.3) is 11.4 Å². The van der Waals surface area contributed by atoms with Crippen molar-refractivity contribution in [2.24, 2.45) is 0 Å². The van der Waals surface area contributed by atoms with Crippen LogP contribution in [-0.2, 0) is 12.8 Å². The molecular formula is C17H22N4. The van der Waals surface area contributed by atoms with Gasteiger partial charge in [-0.1, -0.05) is 6.92 Å². The minimum atomic E-state index is 0.828. The van der Waals surface area contributed by atoms with Crippen molar-refractivity contribution in [2.75, 3.05) is 11.9 Å². The minimum Gasteiger partial charge on any atom is -0.370 e. The van der Waals surface area contributed by atoms with Crippen LogP contribution >= 0.6 is 0 Å². The Morgan fingerprint density at radius 1 is 1.19 bits per heavy atom. The summed E-state index contributed by atoms with van der Waals surface area (Å²) < 4.78 is 0. The fraction of sp³-hybridized carbons (Fsp3) is 0.471.